The van der Waals surface area contributed by atoms with E-state index in [-0.39, 0.29) is 5.56 Å². The van der Waals surface area contributed by atoms with Gasteiger partial charge < -0.3 is 10.4 Å². The van der Waals surface area contributed by atoms with Crippen molar-refractivity contribution in [1.82, 2.24) is 9.97 Å². The van der Waals surface area contributed by atoms with E-state index in [0.29, 0.717) is 15.8 Å². The minimum atomic E-state index is -1.01. The minimum absolute atomic E-state index is 0.150. The second kappa shape index (κ2) is 5.07. The summed E-state index contributed by atoms with van der Waals surface area (Å²) in [6.45, 7) is 0. The van der Waals surface area contributed by atoms with Gasteiger partial charge in [0.15, 0.2) is 5.13 Å². The number of hydrogen-bond acceptors (Lipinski definition) is 5. The Morgan fingerprint density at radius 1 is 1.35 bits per heavy atom. The fourth-order valence-corrected chi connectivity index (χ4v) is 2.90. The van der Waals surface area contributed by atoms with E-state index in [9.17, 15) is 4.79 Å². The lowest BCUT2D eigenvalue weighted by atomic mass is 10.2. The molecule has 100 valence electrons. The zero-order chi connectivity index (χ0) is 14.1. The van der Waals surface area contributed by atoms with Crippen molar-refractivity contribution >= 4 is 49.9 Å². The Bertz CT molecular complexity index is 803. The number of aromatic carboxylic acids is 1. The van der Waals surface area contributed by atoms with Crippen LogP contribution in [0.3, 0.4) is 0 Å². The van der Waals surface area contributed by atoms with E-state index in [1.54, 1.807) is 6.07 Å². The number of carboxylic acids is 1. The normalized spacial score (nSPS) is 10.7. The SMILES string of the molecule is O=C(O)c1ccncc1Nc1nc2ccc(Cl)cc2s1. The summed E-state index contributed by atoms with van der Waals surface area (Å²) in [6.07, 6.45) is 2.90. The van der Waals surface area contributed by atoms with Gasteiger partial charge in [-0.25, -0.2) is 9.78 Å². The number of hydrogen-bond donors (Lipinski definition) is 2. The van der Waals surface area contributed by atoms with Crippen LogP contribution in [0.2, 0.25) is 5.02 Å². The number of anilines is 2. The third-order valence-electron chi connectivity index (χ3n) is 2.64. The number of rotatable bonds is 3. The molecular formula is C13H8ClN3O2S. The Kier molecular flexibility index (Phi) is 3.25. The van der Waals surface area contributed by atoms with Crippen LogP contribution in [-0.4, -0.2) is 21.0 Å². The first-order valence-corrected chi connectivity index (χ1v) is 6.83. The molecule has 20 heavy (non-hydrogen) atoms. The predicted molar refractivity (Wildman–Crippen MR) is 79.1 cm³/mol. The lowest BCUT2D eigenvalue weighted by molar-refractivity contribution is 0.0698. The molecule has 3 aromatic rings. The molecule has 0 aliphatic carbocycles. The van der Waals surface area contributed by atoms with Gasteiger partial charge in [0.25, 0.3) is 0 Å². The highest BCUT2D eigenvalue weighted by molar-refractivity contribution is 7.22. The van der Waals surface area contributed by atoms with Crippen LogP contribution in [0.4, 0.5) is 10.8 Å². The number of nitrogens with zero attached hydrogens (tertiary/aromatic N) is 2. The summed E-state index contributed by atoms with van der Waals surface area (Å²) in [6, 6.07) is 6.84. The Labute approximate surface area is 122 Å². The fourth-order valence-electron chi connectivity index (χ4n) is 1.75. The Hall–Kier alpha value is -2.18. The Balaban J connectivity index is 1.99. The van der Waals surface area contributed by atoms with Crippen molar-refractivity contribution in [2.75, 3.05) is 5.32 Å². The molecule has 3 rings (SSSR count). The lowest BCUT2D eigenvalue weighted by Crippen LogP contribution is -2.02. The molecule has 0 spiro atoms. The van der Waals surface area contributed by atoms with Crippen LogP contribution < -0.4 is 5.32 Å². The summed E-state index contributed by atoms with van der Waals surface area (Å²) >= 11 is 7.32. The summed E-state index contributed by atoms with van der Waals surface area (Å²) in [4.78, 5) is 19.4. The molecule has 0 bridgehead atoms. The van der Waals surface area contributed by atoms with Crippen molar-refractivity contribution in [2.24, 2.45) is 0 Å². The number of pyridine rings is 1. The van der Waals surface area contributed by atoms with Crippen molar-refractivity contribution in [3.05, 3.63) is 47.2 Å². The van der Waals surface area contributed by atoms with Crippen LogP contribution in [0.1, 0.15) is 10.4 Å². The molecule has 5 nitrogen and oxygen atoms in total. The Morgan fingerprint density at radius 2 is 2.20 bits per heavy atom. The molecule has 0 fully saturated rings. The number of aromatic nitrogens is 2. The number of carboxylic acid groups (broad SMARTS) is 1. The number of thiazole rings is 1. The van der Waals surface area contributed by atoms with E-state index >= 15 is 0 Å². The third kappa shape index (κ3) is 2.43. The van der Waals surface area contributed by atoms with Crippen molar-refractivity contribution in [3.8, 4) is 0 Å². The van der Waals surface area contributed by atoms with Crippen LogP contribution in [-0.2, 0) is 0 Å². The summed E-state index contributed by atoms with van der Waals surface area (Å²) in [5.41, 5.74) is 1.37. The summed E-state index contributed by atoms with van der Waals surface area (Å²) in [7, 11) is 0. The zero-order valence-corrected chi connectivity index (χ0v) is 11.6. The van der Waals surface area contributed by atoms with Gasteiger partial charge in [0.05, 0.1) is 27.7 Å². The molecule has 0 unspecified atom stereocenters. The van der Waals surface area contributed by atoms with Gasteiger partial charge in [-0.05, 0) is 24.3 Å². The van der Waals surface area contributed by atoms with Gasteiger partial charge in [0.1, 0.15) is 0 Å². The van der Waals surface area contributed by atoms with Crippen molar-refractivity contribution in [1.29, 1.82) is 0 Å². The van der Waals surface area contributed by atoms with E-state index in [2.05, 4.69) is 15.3 Å². The van der Waals surface area contributed by atoms with Gasteiger partial charge in [0, 0.05) is 11.2 Å². The van der Waals surface area contributed by atoms with Crippen LogP contribution >= 0.6 is 22.9 Å². The largest absolute Gasteiger partial charge is 0.478 e. The van der Waals surface area contributed by atoms with Gasteiger partial charge in [-0.1, -0.05) is 22.9 Å². The minimum Gasteiger partial charge on any atom is -0.478 e. The Morgan fingerprint density at radius 3 is 3.00 bits per heavy atom. The molecule has 2 heterocycles. The van der Waals surface area contributed by atoms with Gasteiger partial charge in [-0.2, -0.15) is 0 Å². The van der Waals surface area contributed by atoms with Crippen LogP contribution in [0, 0.1) is 0 Å². The van der Waals surface area contributed by atoms with Gasteiger partial charge >= 0.3 is 5.97 Å². The molecular weight excluding hydrogens is 298 g/mol. The molecule has 0 atom stereocenters. The van der Waals surface area contributed by atoms with Gasteiger partial charge in [-0.15, -0.1) is 0 Å². The maximum atomic E-state index is 11.1. The molecule has 0 saturated heterocycles. The number of nitrogens with one attached hydrogen (secondary N) is 1. The van der Waals surface area contributed by atoms with E-state index in [4.69, 9.17) is 16.7 Å². The van der Waals surface area contributed by atoms with E-state index < -0.39 is 5.97 Å². The van der Waals surface area contributed by atoms with Crippen molar-refractivity contribution in [3.63, 3.8) is 0 Å². The number of carbonyl (C=O) groups is 1. The standard InChI is InChI=1S/C13H8ClN3O2S/c14-7-1-2-9-11(5-7)20-13(16-9)17-10-6-15-4-3-8(10)12(18)19/h1-6H,(H,16,17)(H,18,19). The molecule has 7 heteroatoms. The summed E-state index contributed by atoms with van der Waals surface area (Å²) in [5, 5.41) is 13.3. The van der Waals surface area contributed by atoms with Gasteiger partial charge in [0.2, 0.25) is 0 Å². The molecule has 0 aliphatic rings. The smallest absolute Gasteiger partial charge is 0.337 e. The molecule has 0 saturated carbocycles. The second-order valence-electron chi connectivity index (χ2n) is 3.98. The van der Waals surface area contributed by atoms with Crippen LogP contribution in [0.5, 0.6) is 0 Å². The fraction of sp³-hybridized carbons (Fsp3) is 0. The highest BCUT2D eigenvalue weighted by Crippen LogP contribution is 2.30. The molecule has 0 radical (unpaired) electrons. The highest BCUT2D eigenvalue weighted by Gasteiger charge is 2.11. The number of fused-ring (bicyclic) bond motifs is 1. The average Bonchev–Trinajstić information content (AvgIpc) is 2.80. The third-order valence-corrected chi connectivity index (χ3v) is 3.81. The number of halogens is 1. The van der Waals surface area contributed by atoms with E-state index in [1.807, 2.05) is 12.1 Å². The van der Waals surface area contributed by atoms with Crippen LogP contribution in [0.25, 0.3) is 10.2 Å². The maximum Gasteiger partial charge on any atom is 0.337 e. The monoisotopic (exact) mass is 305 g/mol. The van der Waals surface area contributed by atoms with Gasteiger partial charge in [-0.3, -0.25) is 4.98 Å². The zero-order valence-electron chi connectivity index (χ0n) is 10.0. The maximum absolute atomic E-state index is 11.1. The molecule has 0 aliphatic heterocycles. The average molecular weight is 306 g/mol. The first-order chi connectivity index (χ1) is 9.63. The predicted octanol–water partition coefficient (Wildman–Crippen LogP) is 3.79. The quantitative estimate of drug-likeness (QED) is 0.770. The molecule has 0 amide bonds. The first kappa shape index (κ1) is 12.8. The highest BCUT2D eigenvalue weighted by atomic mass is 35.5. The second-order valence-corrected chi connectivity index (χ2v) is 5.45. The topological polar surface area (TPSA) is 75.1 Å². The van der Waals surface area contributed by atoms with Crippen molar-refractivity contribution in [2.45, 2.75) is 0 Å². The molecule has 2 aromatic heterocycles. The van der Waals surface area contributed by atoms with Crippen LogP contribution in [0.15, 0.2) is 36.7 Å². The summed E-state index contributed by atoms with van der Waals surface area (Å²) < 4.78 is 0.931. The van der Waals surface area contributed by atoms with E-state index in [0.717, 1.165) is 10.2 Å². The number of benzene rings is 1. The lowest BCUT2D eigenvalue weighted by Gasteiger charge is -2.04. The molecule has 1 aromatic carbocycles. The summed E-state index contributed by atoms with van der Waals surface area (Å²) in [5.74, 6) is -1.01. The first-order valence-electron chi connectivity index (χ1n) is 5.64. The molecule has 2 N–H and O–H groups in total. The van der Waals surface area contributed by atoms with Crippen molar-refractivity contribution < 1.29 is 9.90 Å². The van der Waals surface area contributed by atoms with E-state index in [1.165, 1.54) is 29.8 Å².